The van der Waals surface area contributed by atoms with Crippen molar-refractivity contribution in [2.45, 2.75) is 36.9 Å². The van der Waals surface area contributed by atoms with E-state index >= 15 is 0 Å². The topological polar surface area (TPSA) is 68.3 Å². The molecular weight excluding hydrogens is 216 g/mol. The van der Waals surface area contributed by atoms with E-state index < -0.39 is 14.6 Å². The lowest BCUT2D eigenvalue weighted by Gasteiger charge is -2.27. The molecule has 0 N–H and O–H groups in total. The first-order valence-corrected chi connectivity index (χ1v) is 6.97. The number of rotatable bonds is 2. The Morgan fingerprint density at radius 1 is 1.13 bits per heavy atom. The van der Waals surface area contributed by atoms with Crippen LogP contribution >= 0.6 is 0 Å². The first kappa shape index (κ1) is 10.8. The molecule has 2 aliphatic carbocycles. The summed E-state index contributed by atoms with van der Waals surface area (Å²) in [4.78, 5) is 22.5. The van der Waals surface area contributed by atoms with Crippen LogP contribution in [-0.2, 0) is 19.4 Å². The zero-order valence-corrected chi connectivity index (χ0v) is 9.47. The maximum atomic E-state index is 11.6. The van der Waals surface area contributed by atoms with E-state index in [1.807, 2.05) is 0 Å². The molecule has 84 valence electrons. The Morgan fingerprint density at radius 3 is 1.93 bits per heavy atom. The molecule has 0 spiro atoms. The van der Waals surface area contributed by atoms with Gasteiger partial charge in [0.25, 0.3) is 0 Å². The summed E-state index contributed by atoms with van der Waals surface area (Å²) in [5.41, 5.74) is 0. The molecule has 0 heterocycles. The van der Waals surface area contributed by atoms with Crippen molar-refractivity contribution in [1.82, 2.24) is 0 Å². The van der Waals surface area contributed by atoms with Gasteiger partial charge in [0.15, 0.2) is 9.84 Å². The highest BCUT2D eigenvalue weighted by Gasteiger charge is 2.58. The van der Waals surface area contributed by atoms with Gasteiger partial charge in [-0.2, -0.15) is 0 Å². The predicted molar refractivity (Wildman–Crippen MR) is 54.2 cm³/mol. The monoisotopic (exact) mass is 230 g/mol. The SMILES string of the molecule is CS(=O)(=O)C1(C2CC(=O)CC(=O)C2)CC1. The summed E-state index contributed by atoms with van der Waals surface area (Å²) in [5.74, 6) is -0.474. The molecule has 0 unspecified atom stereocenters. The van der Waals surface area contributed by atoms with Crippen molar-refractivity contribution in [3.05, 3.63) is 0 Å². The Morgan fingerprint density at radius 2 is 1.60 bits per heavy atom. The number of carbonyl (C=O) groups excluding carboxylic acids is 2. The van der Waals surface area contributed by atoms with Gasteiger partial charge < -0.3 is 0 Å². The summed E-state index contributed by atoms with van der Waals surface area (Å²) in [6, 6.07) is 0. The molecule has 0 bridgehead atoms. The lowest BCUT2D eigenvalue weighted by atomic mass is 9.84. The number of ketones is 2. The van der Waals surface area contributed by atoms with Crippen molar-refractivity contribution in [2.24, 2.45) is 5.92 Å². The molecule has 15 heavy (non-hydrogen) atoms. The number of hydrogen-bond acceptors (Lipinski definition) is 4. The van der Waals surface area contributed by atoms with Crippen LogP contribution in [0.2, 0.25) is 0 Å². The number of carbonyl (C=O) groups is 2. The smallest absolute Gasteiger partial charge is 0.153 e. The third kappa shape index (κ3) is 1.73. The summed E-state index contributed by atoms with van der Waals surface area (Å²) in [7, 11) is -3.14. The fourth-order valence-electron chi connectivity index (χ4n) is 2.56. The molecule has 2 fully saturated rings. The van der Waals surface area contributed by atoms with Crippen molar-refractivity contribution in [3.63, 3.8) is 0 Å². The molecule has 5 heteroatoms. The Balaban J connectivity index is 2.25. The molecular formula is C10H14O4S. The Hall–Kier alpha value is -0.710. The van der Waals surface area contributed by atoms with E-state index in [1.54, 1.807) is 0 Å². The molecule has 0 saturated heterocycles. The standard InChI is InChI=1S/C10H14O4S/c1-15(13,14)10(2-3-10)7-4-8(11)6-9(12)5-7/h7H,2-6H2,1H3. The van der Waals surface area contributed by atoms with Crippen LogP contribution in [0.5, 0.6) is 0 Å². The van der Waals surface area contributed by atoms with Crippen LogP contribution in [0.3, 0.4) is 0 Å². The number of hydrogen-bond donors (Lipinski definition) is 0. The highest BCUT2D eigenvalue weighted by atomic mass is 32.2. The van der Waals surface area contributed by atoms with Crippen LogP contribution in [0.15, 0.2) is 0 Å². The third-order valence-electron chi connectivity index (χ3n) is 3.57. The number of Topliss-reactive ketones (excluding diaryl/α,β-unsaturated/α-hetero) is 2. The van der Waals surface area contributed by atoms with Crippen molar-refractivity contribution in [2.75, 3.05) is 6.26 Å². The van der Waals surface area contributed by atoms with Gasteiger partial charge in [0.05, 0.1) is 11.2 Å². The van der Waals surface area contributed by atoms with Gasteiger partial charge in [-0.25, -0.2) is 8.42 Å². The van der Waals surface area contributed by atoms with Crippen LogP contribution < -0.4 is 0 Å². The van der Waals surface area contributed by atoms with Crippen LogP contribution in [0, 0.1) is 5.92 Å². The highest BCUT2D eigenvalue weighted by molar-refractivity contribution is 7.92. The van der Waals surface area contributed by atoms with Crippen LogP contribution in [0.25, 0.3) is 0 Å². The van der Waals surface area contributed by atoms with E-state index in [0.29, 0.717) is 12.8 Å². The summed E-state index contributed by atoms with van der Waals surface area (Å²) in [6.07, 6.45) is 2.95. The largest absolute Gasteiger partial charge is 0.299 e. The zero-order valence-electron chi connectivity index (χ0n) is 8.65. The minimum atomic E-state index is -3.14. The van der Waals surface area contributed by atoms with E-state index in [4.69, 9.17) is 0 Å². The fourth-order valence-corrected chi connectivity index (χ4v) is 4.18. The Kier molecular flexibility index (Phi) is 2.26. The van der Waals surface area contributed by atoms with Crippen molar-refractivity contribution < 1.29 is 18.0 Å². The lowest BCUT2D eigenvalue weighted by Crippen LogP contribution is -2.37. The summed E-state index contributed by atoms with van der Waals surface area (Å²) >= 11 is 0. The molecule has 0 aliphatic heterocycles. The average molecular weight is 230 g/mol. The molecule has 2 rings (SSSR count). The predicted octanol–water partition coefficient (Wildman–Crippen LogP) is 0.502. The minimum absolute atomic E-state index is 0.00363. The van der Waals surface area contributed by atoms with Crippen molar-refractivity contribution in [3.8, 4) is 0 Å². The van der Waals surface area contributed by atoms with E-state index in [-0.39, 0.29) is 36.7 Å². The van der Waals surface area contributed by atoms with Gasteiger partial charge in [-0.05, 0) is 18.8 Å². The van der Waals surface area contributed by atoms with Gasteiger partial charge in [-0.3, -0.25) is 9.59 Å². The van der Waals surface area contributed by atoms with Gasteiger partial charge in [-0.1, -0.05) is 0 Å². The molecule has 2 saturated carbocycles. The van der Waals surface area contributed by atoms with Crippen LogP contribution in [0.4, 0.5) is 0 Å². The second-order valence-corrected chi connectivity index (χ2v) is 7.05. The molecule has 4 nitrogen and oxygen atoms in total. The first-order chi connectivity index (χ1) is 6.85. The van der Waals surface area contributed by atoms with E-state index in [2.05, 4.69) is 0 Å². The maximum Gasteiger partial charge on any atom is 0.153 e. The summed E-state index contributed by atoms with van der Waals surface area (Å²) < 4.78 is 22.5. The molecule has 0 aromatic carbocycles. The summed E-state index contributed by atoms with van der Waals surface area (Å²) in [6.45, 7) is 0. The zero-order chi connectivity index (χ0) is 11.3. The van der Waals surface area contributed by atoms with Gasteiger partial charge in [0.2, 0.25) is 0 Å². The molecule has 2 aliphatic rings. The fraction of sp³-hybridized carbons (Fsp3) is 0.800. The second-order valence-electron chi connectivity index (χ2n) is 4.70. The van der Waals surface area contributed by atoms with Gasteiger partial charge in [-0.15, -0.1) is 0 Å². The molecule has 0 atom stereocenters. The highest BCUT2D eigenvalue weighted by Crippen LogP contribution is 2.52. The van der Waals surface area contributed by atoms with Gasteiger partial charge >= 0.3 is 0 Å². The quantitative estimate of drug-likeness (QED) is 0.648. The normalized spacial score (nSPS) is 26.7. The lowest BCUT2D eigenvalue weighted by molar-refractivity contribution is -0.131. The third-order valence-corrected chi connectivity index (χ3v) is 5.79. The Labute approximate surface area is 89.0 Å². The van der Waals surface area contributed by atoms with Crippen molar-refractivity contribution in [1.29, 1.82) is 0 Å². The summed E-state index contributed by atoms with van der Waals surface area (Å²) in [5, 5.41) is 0. The number of sulfone groups is 1. The van der Waals surface area contributed by atoms with E-state index in [1.165, 1.54) is 6.26 Å². The van der Waals surface area contributed by atoms with Gasteiger partial charge in [0, 0.05) is 19.1 Å². The maximum absolute atomic E-state index is 11.6. The minimum Gasteiger partial charge on any atom is -0.299 e. The van der Waals surface area contributed by atoms with E-state index in [9.17, 15) is 18.0 Å². The average Bonchev–Trinajstić information content (AvgIpc) is 2.79. The second kappa shape index (κ2) is 3.14. The van der Waals surface area contributed by atoms with E-state index in [0.717, 1.165) is 0 Å². The molecule has 0 aromatic rings. The Bertz CT molecular complexity index is 401. The van der Waals surface area contributed by atoms with Gasteiger partial charge in [0.1, 0.15) is 11.6 Å². The van der Waals surface area contributed by atoms with Crippen LogP contribution in [0.1, 0.15) is 32.1 Å². The first-order valence-electron chi connectivity index (χ1n) is 5.08. The molecule has 0 aromatic heterocycles. The molecule has 0 radical (unpaired) electrons. The molecule has 0 amide bonds. The van der Waals surface area contributed by atoms with Crippen LogP contribution in [-0.4, -0.2) is 31.0 Å². The van der Waals surface area contributed by atoms with Crippen molar-refractivity contribution >= 4 is 21.4 Å².